The summed E-state index contributed by atoms with van der Waals surface area (Å²) in [6.07, 6.45) is 5.25. The second-order valence-electron chi connectivity index (χ2n) is 6.30. The molecule has 0 bridgehead atoms. The molecule has 0 N–H and O–H groups in total. The van der Waals surface area contributed by atoms with Gasteiger partial charge in [-0.3, -0.25) is 9.59 Å². The Labute approximate surface area is 141 Å². The second kappa shape index (κ2) is 7.47. The van der Waals surface area contributed by atoms with Gasteiger partial charge in [-0.25, -0.2) is 0 Å². The number of ether oxygens (including phenoxy) is 1. The molecule has 0 spiro atoms. The topological polar surface area (TPSA) is 56.5 Å². The van der Waals surface area contributed by atoms with Gasteiger partial charge in [-0.2, -0.15) is 0 Å². The van der Waals surface area contributed by atoms with Crippen molar-refractivity contribution in [2.45, 2.75) is 38.0 Å². The fraction of sp³-hybridized carbons (Fsp3) is 0.400. The monoisotopic (exact) mass is 326 g/mol. The van der Waals surface area contributed by atoms with Crippen LogP contribution in [-0.2, 0) is 4.79 Å². The molecule has 4 heteroatoms. The Bertz CT molecular complexity index is 685. The third kappa shape index (κ3) is 3.58. The summed E-state index contributed by atoms with van der Waals surface area (Å²) in [6, 6.07) is 11.1. The van der Waals surface area contributed by atoms with Gasteiger partial charge in [-0.1, -0.05) is 18.6 Å². The maximum absolute atomic E-state index is 12.5. The van der Waals surface area contributed by atoms with E-state index in [1.54, 1.807) is 19.2 Å². The van der Waals surface area contributed by atoms with Crippen LogP contribution in [0.4, 0.5) is 0 Å². The molecular formula is C20H22O4. The Balaban J connectivity index is 1.87. The molecule has 24 heavy (non-hydrogen) atoms. The molecule has 2 atom stereocenters. The molecule has 0 unspecified atom stereocenters. The maximum Gasteiger partial charge on any atom is 0.198 e. The van der Waals surface area contributed by atoms with Gasteiger partial charge in [0.25, 0.3) is 0 Å². The first kappa shape index (κ1) is 16.5. The molecule has 1 fully saturated rings. The summed E-state index contributed by atoms with van der Waals surface area (Å²) >= 11 is 0. The highest BCUT2D eigenvalue weighted by atomic mass is 16.5. The number of furan rings is 1. The summed E-state index contributed by atoms with van der Waals surface area (Å²) in [5, 5.41) is 0. The van der Waals surface area contributed by atoms with E-state index in [4.69, 9.17) is 9.15 Å². The van der Waals surface area contributed by atoms with Crippen LogP contribution >= 0.6 is 0 Å². The largest absolute Gasteiger partial charge is 0.497 e. The first-order chi connectivity index (χ1) is 11.7. The molecule has 4 nitrogen and oxygen atoms in total. The summed E-state index contributed by atoms with van der Waals surface area (Å²) in [6.45, 7) is 0. The van der Waals surface area contributed by atoms with Crippen molar-refractivity contribution in [2.24, 2.45) is 5.92 Å². The van der Waals surface area contributed by atoms with Crippen molar-refractivity contribution in [1.29, 1.82) is 0 Å². The van der Waals surface area contributed by atoms with Crippen LogP contribution in [-0.4, -0.2) is 18.7 Å². The summed E-state index contributed by atoms with van der Waals surface area (Å²) in [5.74, 6) is 1.14. The van der Waals surface area contributed by atoms with Crippen LogP contribution in [0.3, 0.4) is 0 Å². The number of rotatable bonds is 6. The van der Waals surface area contributed by atoms with Crippen molar-refractivity contribution >= 4 is 11.6 Å². The van der Waals surface area contributed by atoms with Crippen LogP contribution in [0, 0.1) is 5.92 Å². The number of hydrogen-bond acceptors (Lipinski definition) is 4. The van der Waals surface area contributed by atoms with Crippen molar-refractivity contribution in [3.8, 4) is 5.75 Å². The van der Waals surface area contributed by atoms with Gasteiger partial charge in [0, 0.05) is 24.7 Å². The van der Waals surface area contributed by atoms with Crippen molar-refractivity contribution in [2.75, 3.05) is 7.11 Å². The van der Waals surface area contributed by atoms with Crippen molar-refractivity contribution < 1.29 is 18.7 Å². The van der Waals surface area contributed by atoms with Gasteiger partial charge in [0.15, 0.2) is 11.5 Å². The highest BCUT2D eigenvalue weighted by Crippen LogP contribution is 2.37. The van der Waals surface area contributed by atoms with Crippen molar-refractivity contribution in [3.63, 3.8) is 0 Å². The van der Waals surface area contributed by atoms with E-state index in [0.29, 0.717) is 12.2 Å². The lowest BCUT2D eigenvalue weighted by Crippen LogP contribution is -2.27. The lowest BCUT2D eigenvalue weighted by atomic mass is 9.74. The minimum Gasteiger partial charge on any atom is -0.497 e. The first-order valence-electron chi connectivity index (χ1n) is 8.42. The molecule has 1 aliphatic rings. The lowest BCUT2D eigenvalue weighted by Gasteiger charge is -2.29. The molecular weight excluding hydrogens is 304 g/mol. The summed E-state index contributed by atoms with van der Waals surface area (Å²) in [7, 11) is 1.62. The number of methoxy groups -OCH3 is 1. The lowest BCUT2D eigenvalue weighted by molar-refractivity contribution is -0.125. The quantitative estimate of drug-likeness (QED) is 0.738. The molecule has 1 heterocycles. The van der Waals surface area contributed by atoms with Gasteiger partial charge < -0.3 is 9.15 Å². The molecule has 0 radical (unpaired) electrons. The second-order valence-corrected chi connectivity index (χ2v) is 6.30. The van der Waals surface area contributed by atoms with Crippen LogP contribution in [0.15, 0.2) is 47.1 Å². The summed E-state index contributed by atoms with van der Waals surface area (Å²) < 4.78 is 10.4. The van der Waals surface area contributed by atoms with Crippen LogP contribution in [0.25, 0.3) is 0 Å². The number of benzene rings is 1. The zero-order valence-corrected chi connectivity index (χ0v) is 13.9. The zero-order chi connectivity index (χ0) is 16.9. The number of ketones is 2. The smallest absolute Gasteiger partial charge is 0.198 e. The average molecular weight is 326 g/mol. The van der Waals surface area contributed by atoms with Crippen LogP contribution < -0.4 is 4.74 Å². The first-order valence-corrected chi connectivity index (χ1v) is 8.42. The molecule has 0 saturated heterocycles. The molecule has 1 aromatic carbocycles. The van der Waals surface area contributed by atoms with Gasteiger partial charge >= 0.3 is 0 Å². The van der Waals surface area contributed by atoms with Gasteiger partial charge in [0.05, 0.1) is 13.4 Å². The van der Waals surface area contributed by atoms with Gasteiger partial charge in [-0.05, 0) is 42.7 Å². The van der Waals surface area contributed by atoms with Crippen LogP contribution in [0.1, 0.15) is 54.1 Å². The minimum absolute atomic E-state index is 0.0563. The number of Topliss-reactive ketones (excluding diaryl/α,β-unsaturated/α-hetero) is 2. The number of carbonyl (C=O) groups excluding carboxylic acids is 2. The van der Waals surface area contributed by atoms with Gasteiger partial charge in [-0.15, -0.1) is 0 Å². The average Bonchev–Trinajstić information content (AvgIpc) is 3.15. The fourth-order valence-corrected chi connectivity index (χ4v) is 3.52. The Morgan fingerprint density at radius 2 is 2.04 bits per heavy atom. The predicted octanol–water partition coefficient (Wildman–Crippen LogP) is 4.40. The third-order valence-electron chi connectivity index (χ3n) is 4.83. The van der Waals surface area contributed by atoms with Crippen molar-refractivity contribution in [3.05, 3.63) is 54.0 Å². The molecule has 0 amide bonds. The van der Waals surface area contributed by atoms with E-state index in [1.165, 1.54) is 6.26 Å². The predicted molar refractivity (Wildman–Crippen MR) is 90.4 cm³/mol. The Kier molecular flexibility index (Phi) is 5.14. The Morgan fingerprint density at radius 1 is 1.25 bits per heavy atom. The summed E-state index contributed by atoms with van der Waals surface area (Å²) in [5.41, 5.74) is 1.01. The fourth-order valence-electron chi connectivity index (χ4n) is 3.52. The molecule has 1 aromatic heterocycles. The standard InChI is InChI=1S/C20H22O4/c1-23-15-10-8-14(9-11-15)17(16-5-2-3-6-18(16)21)13-19(22)20-7-4-12-24-20/h4,7-12,16-17H,2-3,5-6,13H2,1H3/t16-,17-/m1/s1. The molecule has 126 valence electrons. The zero-order valence-electron chi connectivity index (χ0n) is 13.9. The molecule has 2 aromatic rings. The maximum atomic E-state index is 12.5. The number of carbonyl (C=O) groups is 2. The van der Waals surface area contributed by atoms with E-state index >= 15 is 0 Å². The van der Waals surface area contributed by atoms with E-state index in [2.05, 4.69) is 0 Å². The minimum atomic E-state index is -0.110. The summed E-state index contributed by atoms with van der Waals surface area (Å²) in [4.78, 5) is 25.0. The molecule has 1 saturated carbocycles. The van der Waals surface area contributed by atoms with Gasteiger partial charge in [0.2, 0.25) is 0 Å². The van der Waals surface area contributed by atoms with E-state index in [0.717, 1.165) is 30.6 Å². The van der Waals surface area contributed by atoms with Crippen LogP contribution in [0.2, 0.25) is 0 Å². The van der Waals surface area contributed by atoms with E-state index in [9.17, 15) is 9.59 Å². The molecule has 1 aliphatic carbocycles. The Hall–Kier alpha value is -2.36. The third-order valence-corrected chi connectivity index (χ3v) is 4.83. The van der Waals surface area contributed by atoms with E-state index < -0.39 is 0 Å². The Morgan fingerprint density at radius 3 is 2.67 bits per heavy atom. The SMILES string of the molecule is COc1ccc([C@@H](CC(=O)c2ccco2)[C@H]2CCCCC2=O)cc1. The van der Waals surface area contributed by atoms with E-state index in [1.807, 2.05) is 24.3 Å². The van der Waals surface area contributed by atoms with E-state index in [-0.39, 0.29) is 29.8 Å². The van der Waals surface area contributed by atoms with Gasteiger partial charge in [0.1, 0.15) is 11.5 Å². The van der Waals surface area contributed by atoms with Crippen molar-refractivity contribution in [1.82, 2.24) is 0 Å². The normalized spacial score (nSPS) is 19.0. The molecule has 0 aliphatic heterocycles. The highest BCUT2D eigenvalue weighted by molar-refractivity contribution is 5.94. The highest BCUT2D eigenvalue weighted by Gasteiger charge is 2.33. The number of hydrogen-bond donors (Lipinski definition) is 0. The molecule has 3 rings (SSSR count). The van der Waals surface area contributed by atoms with Crippen LogP contribution in [0.5, 0.6) is 5.75 Å².